The van der Waals surface area contributed by atoms with Crippen molar-refractivity contribution in [1.29, 1.82) is 0 Å². The number of rotatable bonds is 7. The van der Waals surface area contributed by atoms with Crippen LogP contribution in [0.2, 0.25) is 0 Å². The van der Waals surface area contributed by atoms with Crippen LogP contribution in [0.1, 0.15) is 35.3 Å². The fourth-order valence-electron chi connectivity index (χ4n) is 3.48. The molecule has 2 heterocycles. The highest BCUT2D eigenvalue weighted by molar-refractivity contribution is 5.91. The van der Waals surface area contributed by atoms with Crippen molar-refractivity contribution in [3.8, 4) is 5.75 Å². The number of ether oxygens (including phenoxy) is 1. The van der Waals surface area contributed by atoms with Gasteiger partial charge in [0.05, 0.1) is 25.5 Å². The highest BCUT2D eigenvalue weighted by Gasteiger charge is 2.34. The van der Waals surface area contributed by atoms with Crippen molar-refractivity contribution in [3.63, 3.8) is 0 Å². The molecule has 9 heteroatoms. The van der Waals surface area contributed by atoms with Gasteiger partial charge in [-0.3, -0.25) is 9.59 Å². The minimum Gasteiger partial charge on any atom is -0.497 e. The third-order valence-corrected chi connectivity index (χ3v) is 5.26. The number of aliphatic hydroxyl groups is 1. The molecule has 9 nitrogen and oxygen atoms in total. The molecule has 0 aliphatic carbocycles. The first-order chi connectivity index (χ1) is 13.9. The van der Waals surface area contributed by atoms with Gasteiger partial charge in [-0.1, -0.05) is 17.3 Å². The molecule has 2 N–H and O–H groups in total. The summed E-state index contributed by atoms with van der Waals surface area (Å²) in [6, 6.07) is 7.71. The molecule has 0 saturated carbocycles. The predicted molar refractivity (Wildman–Crippen MR) is 105 cm³/mol. The normalized spacial score (nSPS) is 15.8. The first-order valence-corrected chi connectivity index (χ1v) is 9.68. The van der Waals surface area contributed by atoms with Crippen LogP contribution >= 0.6 is 0 Å². The van der Waals surface area contributed by atoms with Gasteiger partial charge >= 0.3 is 0 Å². The van der Waals surface area contributed by atoms with Crippen molar-refractivity contribution >= 4 is 11.8 Å². The summed E-state index contributed by atoms with van der Waals surface area (Å²) < 4.78 is 6.69. The number of nitrogens with one attached hydrogen (secondary N) is 1. The molecule has 0 atom stereocenters. The lowest BCUT2D eigenvalue weighted by molar-refractivity contribution is -0.135. The van der Waals surface area contributed by atoms with Gasteiger partial charge in [0, 0.05) is 26.6 Å². The quantitative estimate of drug-likeness (QED) is 0.704. The molecule has 1 saturated heterocycles. The maximum Gasteiger partial charge on any atom is 0.273 e. The number of carbonyl (C=O) groups excluding carboxylic acids is 2. The van der Waals surface area contributed by atoms with Crippen LogP contribution in [0.15, 0.2) is 30.5 Å². The SMILES string of the molecule is CNC(=O)c1cn(CC2(O)CCN(C(=O)CCc3cccc(OC)c3)CC2)nn1. The van der Waals surface area contributed by atoms with E-state index in [0.29, 0.717) is 38.8 Å². The summed E-state index contributed by atoms with van der Waals surface area (Å²) in [4.78, 5) is 25.9. The first-order valence-electron chi connectivity index (χ1n) is 9.68. The van der Waals surface area contributed by atoms with Gasteiger partial charge in [0.1, 0.15) is 5.75 Å². The van der Waals surface area contributed by atoms with Crippen molar-refractivity contribution in [1.82, 2.24) is 25.2 Å². The molecule has 29 heavy (non-hydrogen) atoms. The summed E-state index contributed by atoms with van der Waals surface area (Å²) >= 11 is 0. The van der Waals surface area contributed by atoms with E-state index in [2.05, 4.69) is 15.6 Å². The number of aromatic nitrogens is 3. The van der Waals surface area contributed by atoms with Crippen molar-refractivity contribution in [2.45, 2.75) is 37.8 Å². The molecular formula is C20H27N5O4. The molecule has 156 valence electrons. The molecule has 0 bridgehead atoms. The second-order valence-electron chi connectivity index (χ2n) is 7.34. The van der Waals surface area contributed by atoms with Crippen LogP contribution in [0, 0.1) is 0 Å². The van der Waals surface area contributed by atoms with Gasteiger partial charge in [-0.2, -0.15) is 0 Å². The standard InChI is InChI=1S/C20H27N5O4/c1-21-19(27)17-13-25(23-22-17)14-20(28)8-10-24(11-9-20)18(26)7-6-15-4-3-5-16(12-15)29-2/h3-5,12-13,28H,6-11,14H2,1-2H3,(H,21,27). The minimum atomic E-state index is -0.975. The first kappa shape index (κ1) is 20.8. The number of amides is 2. The van der Waals surface area contributed by atoms with Gasteiger partial charge in [0.15, 0.2) is 5.69 Å². The third-order valence-electron chi connectivity index (χ3n) is 5.26. The number of methoxy groups -OCH3 is 1. The Morgan fingerprint density at radius 1 is 1.31 bits per heavy atom. The van der Waals surface area contributed by atoms with E-state index in [4.69, 9.17) is 4.74 Å². The number of likely N-dealkylation sites (tertiary alicyclic amines) is 1. The number of carbonyl (C=O) groups is 2. The second kappa shape index (κ2) is 9.04. The van der Waals surface area contributed by atoms with Crippen molar-refractivity contribution in [3.05, 3.63) is 41.7 Å². The summed E-state index contributed by atoms with van der Waals surface area (Å²) in [5.74, 6) is 0.544. The maximum atomic E-state index is 12.5. The average Bonchev–Trinajstić information content (AvgIpc) is 3.20. The number of hydrogen-bond acceptors (Lipinski definition) is 6. The molecule has 1 aromatic heterocycles. The molecular weight excluding hydrogens is 374 g/mol. The van der Waals surface area contributed by atoms with E-state index in [1.807, 2.05) is 24.3 Å². The molecule has 0 spiro atoms. The highest BCUT2D eigenvalue weighted by atomic mass is 16.5. The van der Waals surface area contributed by atoms with E-state index in [9.17, 15) is 14.7 Å². The predicted octanol–water partition coefficient (Wildman–Crippen LogP) is 0.633. The van der Waals surface area contributed by atoms with E-state index < -0.39 is 5.60 Å². The van der Waals surface area contributed by atoms with Crippen LogP contribution in [0.3, 0.4) is 0 Å². The Kier molecular flexibility index (Phi) is 6.48. The lowest BCUT2D eigenvalue weighted by Crippen LogP contribution is -2.48. The maximum absolute atomic E-state index is 12.5. The fourth-order valence-corrected chi connectivity index (χ4v) is 3.48. The van der Waals surface area contributed by atoms with Gasteiger partial charge in [-0.25, -0.2) is 4.68 Å². The summed E-state index contributed by atoms with van der Waals surface area (Å²) in [5, 5.41) is 21.1. The molecule has 1 fully saturated rings. The zero-order valence-corrected chi connectivity index (χ0v) is 16.8. The van der Waals surface area contributed by atoms with Crippen molar-refractivity contribution in [2.75, 3.05) is 27.2 Å². The lowest BCUT2D eigenvalue weighted by Gasteiger charge is -2.38. The van der Waals surface area contributed by atoms with Crippen LogP contribution in [0.5, 0.6) is 5.75 Å². The Hall–Kier alpha value is -2.94. The Morgan fingerprint density at radius 2 is 2.07 bits per heavy atom. The fraction of sp³-hybridized carbons (Fsp3) is 0.500. The number of benzene rings is 1. The summed E-state index contributed by atoms with van der Waals surface area (Å²) in [6.45, 7) is 1.22. The third kappa shape index (κ3) is 5.32. The minimum absolute atomic E-state index is 0.0810. The number of piperidine rings is 1. The van der Waals surface area contributed by atoms with Crippen LogP contribution in [0.4, 0.5) is 0 Å². The average molecular weight is 401 g/mol. The van der Waals surface area contributed by atoms with E-state index in [1.165, 1.54) is 17.9 Å². The molecule has 0 radical (unpaired) electrons. The molecule has 1 aliphatic heterocycles. The van der Waals surface area contributed by atoms with Crippen molar-refractivity contribution < 1.29 is 19.4 Å². The Morgan fingerprint density at radius 3 is 2.76 bits per heavy atom. The van der Waals surface area contributed by atoms with E-state index in [0.717, 1.165) is 11.3 Å². The number of hydrogen-bond donors (Lipinski definition) is 2. The molecule has 3 rings (SSSR count). The van der Waals surface area contributed by atoms with Gasteiger partial charge < -0.3 is 20.1 Å². The highest BCUT2D eigenvalue weighted by Crippen LogP contribution is 2.25. The van der Waals surface area contributed by atoms with Crippen molar-refractivity contribution in [2.24, 2.45) is 0 Å². The zero-order valence-electron chi connectivity index (χ0n) is 16.8. The van der Waals surface area contributed by atoms with Crippen LogP contribution < -0.4 is 10.1 Å². The molecule has 2 aromatic rings. The van der Waals surface area contributed by atoms with Gasteiger partial charge in [0.25, 0.3) is 5.91 Å². The van der Waals surface area contributed by atoms with Gasteiger partial charge in [-0.15, -0.1) is 5.10 Å². The Bertz CT molecular complexity index is 858. The van der Waals surface area contributed by atoms with Gasteiger partial charge in [-0.05, 0) is 37.0 Å². The number of aryl methyl sites for hydroxylation is 1. The molecule has 1 aliphatic rings. The second-order valence-corrected chi connectivity index (χ2v) is 7.34. The zero-order chi connectivity index (χ0) is 20.9. The Labute approximate surface area is 169 Å². The Balaban J connectivity index is 1.49. The van der Waals surface area contributed by atoms with Crippen LogP contribution in [-0.4, -0.2) is 69.7 Å². The summed E-state index contributed by atoms with van der Waals surface area (Å²) in [5.41, 5.74) is 0.294. The van der Waals surface area contributed by atoms with Gasteiger partial charge in [0.2, 0.25) is 5.91 Å². The van der Waals surface area contributed by atoms with E-state index >= 15 is 0 Å². The van der Waals surface area contributed by atoms with Crippen LogP contribution in [0.25, 0.3) is 0 Å². The molecule has 0 unspecified atom stereocenters. The van der Waals surface area contributed by atoms with Crippen LogP contribution in [-0.2, 0) is 17.8 Å². The van der Waals surface area contributed by atoms with E-state index in [1.54, 1.807) is 12.0 Å². The number of nitrogens with zero attached hydrogens (tertiary/aromatic N) is 4. The monoisotopic (exact) mass is 401 g/mol. The largest absolute Gasteiger partial charge is 0.497 e. The summed E-state index contributed by atoms with van der Waals surface area (Å²) in [6.07, 6.45) is 3.49. The lowest BCUT2D eigenvalue weighted by atomic mass is 9.91. The topological polar surface area (TPSA) is 110 Å². The summed E-state index contributed by atoms with van der Waals surface area (Å²) in [7, 11) is 3.15. The molecule has 1 aromatic carbocycles. The molecule has 2 amide bonds. The smallest absolute Gasteiger partial charge is 0.273 e. The van der Waals surface area contributed by atoms with E-state index in [-0.39, 0.29) is 24.1 Å².